The summed E-state index contributed by atoms with van der Waals surface area (Å²) in [4.78, 5) is 14.8. The quantitative estimate of drug-likeness (QED) is 0.620. The van der Waals surface area contributed by atoms with Crippen LogP contribution in [0.5, 0.6) is 0 Å². The first kappa shape index (κ1) is 9.98. The lowest BCUT2D eigenvalue weighted by Crippen LogP contribution is -1.99. The van der Waals surface area contributed by atoms with Gasteiger partial charge in [-0.1, -0.05) is 17.7 Å². The van der Waals surface area contributed by atoms with Gasteiger partial charge in [-0.25, -0.2) is 4.98 Å². The predicted molar refractivity (Wildman–Crippen MR) is 60.9 cm³/mol. The topological polar surface area (TPSA) is 34.9 Å². The summed E-state index contributed by atoms with van der Waals surface area (Å²) in [5, 5.41) is 0.515. The zero-order chi connectivity index (χ0) is 10.8. The van der Waals surface area contributed by atoms with Gasteiger partial charge < -0.3 is 0 Å². The average Bonchev–Trinajstić information content (AvgIpc) is 2.61. The second kappa shape index (κ2) is 3.90. The van der Waals surface area contributed by atoms with Gasteiger partial charge in [-0.15, -0.1) is 12.6 Å². The number of aromatic nitrogens is 2. The molecule has 1 aromatic heterocycles. The first-order chi connectivity index (χ1) is 7.22. The number of rotatable bonds is 2. The molecular formula is C11H10N2OS. The fraction of sp³-hybridized carbons (Fsp3) is 0.0909. The number of hydrogen-bond acceptors (Lipinski definition) is 3. The van der Waals surface area contributed by atoms with Crippen LogP contribution < -0.4 is 0 Å². The molecule has 0 aliphatic carbocycles. The SMILES string of the molecule is Cc1ccc(-n2c(C=O)cnc2S)cc1. The lowest BCUT2D eigenvalue weighted by molar-refractivity contribution is 0.111. The third kappa shape index (κ3) is 1.80. The molecule has 0 saturated heterocycles. The largest absolute Gasteiger partial charge is 0.296 e. The molecule has 0 unspecified atom stereocenters. The Kier molecular flexibility index (Phi) is 2.60. The molecule has 0 aliphatic rings. The third-order valence-electron chi connectivity index (χ3n) is 2.18. The summed E-state index contributed by atoms with van der Waals surface area (Å²) in [6.45, 7) is 2.01. The van der Waals surface area contributed by atoms with Crippen molar-refractivity contribution >= 4 is 18.9 Å². The zero-order valence-electron chi connectivity index (χ0n) is 8.21. The van der Waals surface area contributed by atoms with Crippen LogP contribution in [0.4, 0.5) is 0 Å². The van der Waals surface area contributed by atoms with E-state index in [0.717, 1.165) is 12.0 Å². The van der Waals surface area contributed by atoms with Crippen LogP contribution in [0.25, 0.3) is 5.69 Å². The molecule has 0 radical (unpaired) electrons. The maximum Gasteiger partial charge on any atom is 0.170 e. The van der Waals surface area contributed by atoms with E-state index in [9.17, 15) is 4.79 Å². The zero-order valence-corrected chi connectivity index (χ0v) is 9.11. The minimum absolute atomic E-state index is 0.504. The Morgan fingerprint density at radius 3 is 2.60 bits per heavy atom. The van der Waals surface area contributed by atoms with Gasteiger partial charge in [0.15, 0.2) is 11.4 Å². The molecule has 0 saturated carbocycles. The average molecular weight is 218 g/mol. The van der Waals surface area contributed by atoms with Crippen molar-refractivity contribution in [2.24, 2.45) is 0 Å². The van der Waals surface area contributed by atoms with Gasteiger partial charge in [-0.05, 0) is 19.1 Å². The van der Waals surface area contributed by atoms with Crippen LogP contribution in [-0.2, 0) is 0 Å². The highest BCUT2D eigenvalue weighted by Gasteiger charge is 2.07. The Morgan fingerprint density at radius 1 is 1.33 bits per heavy atom. The second-order valence-electron chi connectivity index (χ2n) is 3.27. The molecule has 15 heavy (non-hydrogen) atoms. The number of imidazole rings is 1. The molecule has 0 amide bonds. The smallest absolute Gasteiger partial charge is 0.170 e. The third-order valence-corrected chi connectivity index (χ3v) is 2.50. The van der Waals surface area contributed by atoms with Crippen LogP contribution in [-0.4, -0.2) is 15.8 Å². The van der Waals surface area contributed by atoms with E-state index in [0.29, 0.717) is 10.9 Å². The van der Waals surface area contributed by atoms with Crippen molar-refractivity contribution in [3.05, 3.63) is 41.7 Å². The van der Waals surface area contributed by atoms with Gasteiger partial charge in [-0.3, -0.25) is 9.36 Å². The fourth-order valence-electron chi connectivity index (χ4n) is 1.40. The van der Waals surface area contributed by atoms with E-state index >= 15 is 0 Å². The summed E-state index contributed by atoms with van der Waals surface area (Å²) in [5.41, 5.74) is 2.57. The predicted octanol–water partition coefficient (Wildman–Crippen LogP) is 2.28. The number of hydrogen-bond donors (Lipinski definition) is 1. The molecule has 0 aliphatic heterocycles. The molecule has 0 atom stereocenters. The summed E-state index contributed by atoms with van der Waals surface area (Å²) in [6.07, 6.45) is 2.28. The van der Waals surface area contributed by atoms with Gasteiger partial charge in [0.25, 0.3) is 0 Å². The molecule has 1 aromatic carbocycles. The van der Waals surface area contributed by atoms with Crippen LogP contribution in [0.15, 0.2) is 35.6 Å². The van der Waals surface area contributed by atoms with Crippen molar-refractivity contribution in [1.29, 1.82) is 0 Å². The first-order valence-corrected chi connectivity index (χ1v) is 4.96. The Hall–Kier alpha value is -1.55. The maximum absolute atomic E-state index is 10.8. The van der Waals surface area contributed by atoms with Crippen LogP contribution in [0.2, 0.25) is 0 Å². The van der Waals surface area contributed by atoms with Crippen molar-refractivity contribution in [2.45, 2.75) is 12.1 Å². The molecule has 2 rings (SSSR count). The Balaban J connectivity index is 2.57. The molecule has 0 N–H and O–H groups in total. The highest BCUT2D eigenvalue weighted by Crippen LogP contribution is 2.16. The standard InChI is InChI=1S/C11H10N2OS/c1-8-2-4-9(5-3-8)13-10(7-14)6-12-11(13)15/h2-7H,1H3,(H,12,15). The number of aryl methyl sites for hydroxylation is 1. The second-order valence-corrected chi connectivity index (χ2v) is 3.67. The molecule has 1 heterocycles. The van der Waals surface area contributed by atoms with Gasteiger partial charge in [-0.2, -0.15) is 0 Å². The van der Waals surface area contributed by atoms with Crippen molar-refractivity contribution in [3.8, 4) is 5.69 Å². The van der Waals surface area contributed by atoms with E-state index < -0.39 is 0 Å². The highest BCUT2D eigenvalue weighted by atomic mass is 32.1. The minimum atomic E-state index is 0.504. The van der Waals surface area contributed by atoms with Crippen LogP contribution in [0, 0.1) is 6.92 Å². The van der Waals surface area contributed by atoms with Crippen molar-refractivity contribution in [3.63, 3.8) is 0 Å². The molecule has 0 fully saturated rings. The summed E-state index contributed by atoms with van der Waals surface area (Å²) in [6, 6.07) is 7.84. The number of aldehydes is 1. The monoisotopic (exact) mass is 218 g/mol. The van der Waals surface area contributed by atoms with E-state index in [1.54, 1.807) is 4.57 Å². The molecule has 76 valence electrons. The molecule has 0 bridgehead atoms. The first-order valence-electron chi connectivity index (χ1n) is 4.51. The Labute approximate surface area is 93.2 Å². The van der Waals surface area contributed by atoms with E-state index in [-0.39, 0.29) is 0 Å². The molecule has 0 spiro atoms. The molecular weight excluding hydrogens is 208 g/mol. The number of nitrogens with zero attached hydrogens (tertiary/aromatic N) is 2. The van der Waals surface area contributed by atoms with Gasteiger partial charge in [0.2, 0.25) is 0 Å². The highest BCUT2D eigenvalue weighted by molar-refractivity contribution is 7.80. The van der Waals surface area contributed by atoms with Crippen molar-refractivity contribution in [1.82, 2.24) is 9.55 Å². The van der Waals surface area contributed by atoms with Gasteiger partial charge in [0, 0.05) is 5.69 Å². The molecule has 4 heteroatoms. The van der Waals surface area contributed by atoms with Gasteiger partial charge >= 0.3 is 0 Å². The summed E-state index contributed by atoms with van der Waals surface area (Å²) in [5.74, 6) is 0. The van der Waals surface area contributed by atoms with Crippen LogP contribution in [0.1, 0.15) is 16.1 Å². The van der Waals surface area contributed by atoms with Crippen LogP contribution in [0.3, 0.4) is 0 Å². The van der Waals surface area contributed by atoms with Crippen LogP contribution >= 0.6 is 12.6 Å². The fourth-order valence-corrected chi connectivity index (χ4v) is 1.68. The van der Waals surface area contributed by atoms with Gasteiger partial charge in [0.1, 0.15) is 5.69 Å². The number of carbonyl (C=O) groups is 1. The van der Waals surface area contributed by atoms with Crippen molar-refractivity contribution < 1.29 is 4.79 Å². The number of benzene rings is 1. The summed E-state index contributed by atoms with van der Waals surface area (Å²) < 4.78 is 1.70. The van der Waals surface area contributed by atoms with E-state index in [1.807, 2.05) is 31.2 Å². The molecule has 2 aromatic rings. The Bertz CT molecular complexity index is 488. The Morgan fingerprint density at radius 2 is 2.00 bits per heavy atom. The lowest BCUT2D eigenvalue weighted by Gasteiger charge is -2.06. The minimum Gasteiger partial charge on any atom is -0.296 e. The van der Waals surface area contributed by atoms with E-state index in [1.165, 1.54) is 11.8 Å². The number of carbonyl (C=O) groups excluding carboxylic acids is 1. The summed E-state index contributed by atoms with van der Waals surface area (Å²) in [7, 11) is 0. The van der Waals surface area contributed by atoms with E-state index in [2.05, 4.69) is 17.6 Å². The van der Waals surface area contributed by atoms with E-state index in [4.69, 9.17) is 0 Å². The number of thiol groups is 1. The molecule has 3 nitrogen and oxygen atoms in total. The van der Waals surface area contributed by atoms with Gasteiger partial charge in [0.05, 0.1) is 6.20 Å². The van der Waals surface area contributed by atoms with Crippen molar-refractivity contribution in [2.75, 3.05) is 0 Å². The normalized spacial score (nSPS) is 10.3. The maximum atomic E-state index is 10.8. The lowest BCUT2D eigenvalue weighted by atomic mass is 10.2. The summed E-state index contributed by atoms with van der Waals surface area (Å²) >= 11 is 4.20.